The van der Waals surface area contributed by atoms with Gasteiger partial charge in [-0.1, -0.05) is 0 Å². The van der Waals surface area contributed by atoms with E-state index in [2.05, 4.69) is 12.4 Å². The molecule has 60 valence electrons. The van der Waals surface area contributed by atoms with Crippen LogP contribution in [0.2, 0.25) is 0 Å². The average Bonchev–Trinajstić information content (AvgIpc) is 2.39. The minimum atomic E-state index is 0.972. The molecule has 0 saturated heterocycles. The summed E-state index contributed by atoms with van der Waals surface area (Å²) >= 11 is 0. The molecule has 2 N–H and O–H groups in total. The molecule has 1 aliphatic rings. The predicted molar refractivity (Wildman–Crippen MR) is 39.3 cm³/mol. The van der Waals surface area contributed by atoms with E-state index in [-0.39, 0.29) is 0 Å². The van der Waals surface area contributed by atoms with Crippen LogP contribution in [0.3, 0.4) is 0 Å². The highest BCUT2D eigenvalue weighted by atomic mass is 16.6. The van der Waals surface area contributed by atoms with E-state index in [0.717, 1.165) is 11.4 Å². The minimum Gasteiger partial charge on any atom is -0.444 e. The molecule has 1 saturated carbocycles. The van der Waals surface area contributed by atoms with Gasteiger partial charge < -0.3 is 15.4 Å². The molecule has 10 heavy (non-hydrogen) atoms. The molecule has 0 atom stereocenters. The zero-order valence-electron chi connectivity index (χ0n) is 6.25. The number of nitrogens with zero attached hydrogens (tertiary/aromatic N) is 1. The maximum atomic E-state index is 8.00. The fourth-order valence-electron chi connectivity index (χ4n) is 1.29. The molecule has 1 fully saturated rings. The van der Waals surface area contributed by atoms with E-state index in [4.69, 9.17) is 10.1 Å². The van der Waals surface area contributed by atoms with Gasteiger partial charge >= 0.3 is 0 Å². The van der Waals surface area contributed by atoms with Crippen molar-refractivity contribution >= 4 is 0 Å². The summed E-state index contributed by atoms with van der Waals surface area (Å²) in [7, 11) is 2.18. The fourth-order valence-corrected chi connectivity index (χ4v) is 1.29. The van der Waals surface area contributed by atoms with Crippen LogP contribution in [-0.4, -0.2) is 13.1 Å². The fraction of sp³-hybridized carbons (Fsp3) is 1.00. The number of hydrogen-bond donors (Lipinski definition) is 1. The van der Waals surface area contributed by atoms with E-state index in [1.807, 2.05) is 0 Å². The third kappa shape index (κ3) is 4.26. The van der Waals surface area contributed by atoms with Crippen molar-refractivity contribution in [2.75, 3.05) is 7.05 Å². The van der Waals surface area contributed by atoms with Gasteiger partial charge in [0.05, 0.1) is 13.1 Å². The van der Waals surface area contributed by atoms with Crippen molar-refractivity contribution < 1.29 is 5.32 Å². The van der Waals surface area contributed by atoms with Crippen LogP contribution in [-0.2, 0) is 0 Å². The summed E-state index contributed by atoms with van der Waals surface area (Å²) < 4.78 is 0. The molecular formula is C6H14N2O2. The Balaban J connectivity index is 0.000000236. The van der Waals surface area contributed by atoms with Crippen LogP contribution in [0, 0.1) is 10.1 Å². The van der Waals surface area contributed by atoms with Gasteiger partial charge in [-0.15, -0.1) is 5.34 Å². The summed E-state index contributed by atoms with van der Waals surface area (Å²) in [5, 5.41) is 11.3. The van der Waals surface area contributed by atoms with Crippen molar-refractivity contribution in [3.63, 3.8) is 0 Å². The first-order valence-corrected chi connectivity index (χ1v) is 3.59. The third-order valence-corrected chi connectivity index (χ3v) is 1.87. The molecule has 0 amide bonds. The van der Waals surface area contributed by atoms with E-state index in [1.54, 1.807) is 0 Å². The lowest BCUT2D eigenvalue weighted by molar-refractivity contribution is -0.662. The molecule has 0 aliphatic heterocycles. The number of rotatable bonds is 1. The highest BCUT2D eigenvalue weighted by molar-refractivity contribution is 4.62. The Hall–Kier alpha value is -0.640. The summed E-state index contributed by atoms with van der Waals surface area (Å²) in [6, 6.07) is 0.972. The monoisotopic (exact) mass is 146 g/mol. The second kappa shape index (κ2) is 6.48. The smallest absolute Gasteiger partial charge is 0.0857 e. The van der Waals surface area contributed by atoms with Crippen molar-refractivity contribution in [2.24, 2.45) is 5.34 Å². The zero-order chi connectivity index (χ0) is 7.82. The summed E-state index contributed by atoms with van der Waals surface area (Å²) in [4.78, 5) is 8.00. The molecule has 0 aromatic carbocycles. The molecule has 0 unspecified atom stereocenters. The van der Waals surface area contributed by atoms with Crippen molar-refractivity contribution in [3.05, 3.63) is 10.1 Å². The van der Waals surface area contributed by atoms with E-state index in [9.17, 15) is 0 Å². The highest BCUT2D eigenvalue weighted by Gasteiger charge is 2.14. The van der Waals surface area contributed by atoms with Gasteiger partial charge in [0.15, 0.2) is 0 Å². The Morgan fingerprint density at radius 2 is 1.90 bits per heavy atom. The van der Waals surface area contributed by atoms with Gasteiger partial charge in [-0.2, -0.15) is 0 Å². The third-order valence-electron chi connectivity index (χ3n) is 1.87. The molecule has 1 rings (SSSR count). The van der Waals surface area contributed by atoms with Crippen LogP contribution in [0.5, 0.6) is 0 Å². The Labute approximate surface area is 60.6 Å². The van der Waals surface area contributed by atoms with Crippen LogP contribution in [0.4, 0.5) is 0 Å². The number of nitrogens with two attached hydrogens (primary N) is 1. The first-order chi connectivity index (χ1) is 4.85. The molecule has 0 heterocycles. The van der Waals surface area contributed by atoms with Crippen LogP contribution < -0.4 is 5.32 Å². The first kappa shape index (κ1) is 9.36. The SMILES string of the molecule is C[NH2+]C1CCCC1.O=N[O-]. The maximum absolute atomic E-state index is 8.00. The molecule has 0 bridgehead atoms. The lowest BCUT2D eigenvalue weighted by atomic mass is 10.3. The molecule has 0 spiro atoms. The number of quaternary nitrogens is 1. The lowest BCUT2D eigenvalue weighted by Crippen LogP contribution is -2.85. The maximum Gasteiger partial charge on any atom is 0.0857 e. The molecule has 4 heteroatoms. The van der Waals surface area contributed by atoms with Crippen molar-refractivity contribution in [1.29, 1.82) is 0 Å². The second-order valence-corrected chi connectivity index (χ2v) is 2.45. The molecule has 1 aliphatic carbocycles. The lowest BCUT2D eigenvalue weighted by Gasteiger charge is -1.99. The zero-order valence-corrected chi connectivity index (χ0v) is 6.25. The predicted octanol–water partition coefficient (Wildman–Crippen LogP) is 0.373. The highest BCUT2D eigenvalue weighted by Crippen LogP contribution is 2.13. The van der Waals surface area contributed by atoms with Crippen LogP contribution in [0.1, 0.15) is 25.7 Å². The van der Waals surface area contributed by atoms with Gasteiger partial charge in [0.25, 0.3) is 0 Å². The Morgan fingerprint density at radius 1 is 1.50 bits per heavy atom. The molecular weight excluding hydrogens is 132 g/mol. The first-order valence-electron chi connectivity index (χ1n) is 3.59. The number of hydrogen-bond acceptors (Lipinski definition) is 3. The normalized spacial score (nSPS) is 17.7. The van der Waals surface area contributed by atoms with Gasteiger partial charge in [-0.05, 0) is 25.7 Å². The van der Waals surface area contributed by atoms with E-state index in [1.165, 1.54) is 25.7 Å². The van der Waals surface area contributed by atoms with E-state index >= 15 is 0 Å². The molecule has 0 aromatic rings. The Kier molecular flexibility index (Phi) is 6.06. The van der Waals surface area contributed by atoms with E-state index in [0.29, 0.717) is 0 Å². The minimum absolute atomic E-state index is 0.972. The summed E-state index contributed by atoms with van der Waals surface area (Å²) in [5.41, 5.74) is 0. The standard InChI is InChI=1S/C6H13N.HNO2/c1-7-6-4-2-3-5-6;2-1-3/h6-7H,2-5H2,1H3;(H,2,3). The second-order valence-electron chi connectivity index (χ2n) is 2.45. The van der Waals surface area contributed by atoms with Crippen LogP contribution >= 0.6 is 0 Å². The summed E-state index contributed by atoms with van der Waals surface area (Å²) in [6.45, 7) is 0. The Morgan fingerprint density at radius 3 is 2.10 bits per heavy atom. The molecule has 0 radical (unpaired) electrons. The molecule has 0 aromatic heterocycles. The van der Waals surface area contributed by atoms with Crippen LogP contribution in [0.25, 0.3) is 0 Å². The largest absolute Gasteiger partial charge is 0.444 e. The van der Waals surface area contributed by atoms with Gasteiger partial charge in [0, 0.05) is 0 Å². The van der Waals surface area contributed by atoms with E-state index < -0.39 is 0 Å². The summed E-state index contributed by atoms with van der Waals surface area (Å²) in [5.74, 6) is 0. The van der Waals surface area contributed by atoms with Crippen LogP contribution in [0.15, 0.2) is 5.34 Å². The van der Waals surface area contributed by atoms with Gasteiger partial charge in [0.1, 0.15) is 0 Å². The Bertz CT molecular complexity index is 81.8. The summed E-state index contributed by atoms with van der Waals surface area (Å²) in [6.07, 6.45) is 5.84. The van der Waals surface area contributed by atoms with Gasteiger partial charge in [0.2, 0.25) is 0 Å². The van der Waals surface area contributed by atoms with Crippen molar-refractivity contribution in [2.45, 2.75) is 31.7 Å². The van der Waals surface area contributed by atoms with Crippen molar-refractivity contribution in [3.8, 4) is 0 Å². The average molecular weight is 146 g/mol. The molecule has 4 nitrogen and oxygen atoms in total. The van der Waals surface area contributed by atoms with Crippen molar-refractivity contribution in [1.82, 2.24) is 0 Å². The topological polar surface area (TPSA) is 69.1 Å². The van der Waals surface area contributed by atoms with Gasteiger partial charge in [-0.25, -0.2) is 0 Å². The quantitative estimate of drug-likeness (QED) is 0.429. The van der Waals surface area contributed by atoms with Gasteiger partial charge in [-0.3, -0.25) is 0 Å².